The van der Waals surface area contributed by atoms with E-state index in [-0.39, 0.29) is 5.91 Å². The van der Waals surface area contributed by atoms with Crippen LogP contribution in [0.4, 0.5) is 11.5 Å². The van der Waals surface area contributed by atoms with Crippen LogP contribution in [0.5, 0.6) is 0 Å². The van der Waals surface area contributed by atoms with Crippen LogP contribution in [-0.2, 0) is 6.42 Å². The van der Waals surface area contributed by atoms with Gasteiger partial charge in [0.2, 0.25) is 0 Å². The summed E-state index contributed by atoms with van der Waals surface area (Å²) in [6.45, 7) is 2.03. The van der Waals surface area contributed by atoms with E-state index in [2.05, 4.69) is 35.8 Å². The van der Waals surface area contributed by atoms with Crippen LogP contribution in [0.1, 0.15) is 28.7 Å². The molecule has 8 heteroatoms. The van der Waals surface area contributed by atoms with Gasteiger partial charge in [0.05, 0.1) is 22.1 Å². The molecule has 0 aromatic carbocycles. The van der Waals surface area contributed by atoms with E-state index in [9.17, 15) is 4.79 Å². The Morgan fingerprint density at radius 2 is 2.37 bits per heavy atom. The Morgan fingerprint density at radius 1 is 1.58 bits per heavy atom. The number of pyridine rings is 1. The number of nitrogens with one attached hydrogen (secondary N) is 1. The van der Waals surface area contributed by atoms with Crippen molar-refractivity contribution < 1.29 is 4.79 Å². The Bertz CT molecular complexity index is 601. The fourth-order valence-corrected chi connectivity index (χ4v) is 2.56. The average Bonchev–Trinajstić information content (AvgIpc) is 2.81. The molecule has 1 amide bonds. The van der Waals surface area contributed by atoms with Crippen LogP contribution in [0.25, 0.3) is 0 Å². The topological polar surface area (TPSA) is 93.8 Å². The van der Waals surface area contributed by atoms with E-state index >= 15 is 0 Å². The largest absolute Gasteiger partial charge is 0.397 e. The normalized spacial score (nSPS) is 10.4. The Labute approximate surface area is 122 Å². The highest BCUT2D eigenvalue weighted by molar-refractivity contribution is 9.10. The van der Waals surface area contributed by atoms with Crippen molar-refractivity contribution in [2.24, 2.45) is 0 Å². The smallest absolute Gasteiger partial charge is 0.270 e. The number of amides is 1. The van der Waals surface area contributed by atoms with Gasteiger partial charge >= 0.3 is 0 Å². The van der Waals surface area contributed by atoms with Crippen molar-refractivity contribution in [2.75, 3.05) is 11.1 Å². The highest BCUT2D eigenvalue weighted by Gasteiger charge is 2.17. The molecule has 0 aliphatic heterocycles. The van der Waals surface area contributed by atoms with Crippen molar-refractivity contribution >= 4 is 44.9 Å². The van der Waals surface area contributed by atoms with Gasteiger partial charge in [-0.05, 0) is 39.9 Å². The van der Waals surface area contributed by atoms with E-state index in [1.54, 1.807) is 6.07 Å². The number of halogens is 1. The van der Waals surface area contributed by atoms with Crippen LogP contribution >= 0.6 is 27.5 Å². The summed E-state index contributed by atoms with van der Waals surface area (Å²) < 4.78 is 4.45. The number of nitrogen functional groups attached to an aromatic ring is 1. The summed E-state index contributed by atoms with van der Waals surface area (Å²) in [7, 11) is 0. The van der Waals surface area contributed by atoms with E-state index in [0.717, 1.165) is 30.1 Å². The Kier molecular flexibility index (Phi) is 4.43. The molecule has 2 heterocycles. The zero-order chi connectivity index (χ0) is 13.8. The molecule has 6 nitrogen and oxygen atoms in total. The molecule has 19 heavy (non-hydrogen) atoms. The molecule has 0 unspecified atom stereocenters. The minimum absolute atomic E-state index is 0.253. The third-order valence-electron chi connectivity index (χ3n) is 2.34. The summed E-state index contributed by atoms with van der Waals surface area (Å²) in [6, 6.07) is 1.68. The van der Waals surface area contributed by atoms with Gasteiger partial charge in [0.1, 0.15) is 10.7 Å². The first-order chi connectivity index (χ1) is 9.11. The predicted molar refractivity (Wildman–Crippen MR) is 78.2 cm³/mol. The molecule has 2 rings (SSSR count). The van der Waals surface area contributed by atoms with E-state index in [0.29, 0.717) is 20.9 Å². The van der Waals surface area contributed by atoms with E-state index in [4.69, 9.17) is 5.73 Å². The molecule has 0 radical (unpaired) electrons. The first-order valence-electron chi connectivity index (χ1n) is 5.65. The van der Waals surface area contributed by atoms with E-state index in [1.165, 1.54) is 6.20 Å². The molecule has 2 aromatic rings. The van der Waals surface area contributed by atoms with Crippen LogP contribution in [0.3, 0.4) is 0 Å². The number of aromatic nitrogens is 3. The van der Waals surface area contributed by atoms with Gasteiger partial charge in [0.15, 0.2) is 0 Å². The molecule has 0 aliphatic rings. The van der Waals surface area contributed by atoms with Crippen molar-refractivity contribution in [3.8, 4) is 0 Å². The molecule has 0 atom stereocenters. The van der Waals surface area contributed by atoms with Crippen LogP contribution in [-0.4, -0.2) is 20.5 Å². The molecular formula is C11H12BrN5OS. The van der Waals surface area contributed by atoms with Crippen molar-refractivity contribution in [1.29, 1.82) is 0 Å². The third-order valence-corrected chi connectivity index (χ3v) is 3.71. The number of nitrogens with zero attached hydrogens (tertiary/aromatic N) is 3. The van der Waals surface area contributed by atoms with Crippen molar-refractivity contribution in [1.82, 2.24) is 14.6 Å². The number of carbonyl (C=O) groups excluding carboxylic acids is 1. The summed E-state index contributed by atoms with van der Waals surface area (Å²) in [5.41, 5.74) is 6.84. The van der Waals surface area contributed by atoms with Crippen LogP contribution in [0.2, 0.25) is 0 Å². The minimum Gasteiger partial charge on any atom is -0.397 e. The molecule has 0 saturated heterocycles. The lowest BCUT2D eigenvalue weighted by molar-refractivity contribution is 0.102. The fraction of sp³-hybridized carbons (Fsp3) is 0.273. The highest BCUT2D eigenvalue weighted by atomic mass is 79.9. The number of aryl methyl sites for hydroxylation is 1. The lowest BCUT2D eigenvalue weighted by Crippen LogP contribution is -2.14. The van der Waals surface area contributed by atoms with E-state index in [1.807, 2.05) is 6.92 Å². The van der Waals surface area contributed by atoms with Gasteiger partial charge in [0.25, 0.3) is 5.91 Å². The number of anilines is 2. The zero-order valence-electron chi connectivity index (χ0n) is 10.2. The number of rotatable bonds is 4. The maximum absolute atomic E-state index is 12.1. The SMILES string of the molecule is CCCc1nnsc1C(=O)Nc1ncc(N)cc1Br. The molecule has 0 fully saturated rings. The summed E-state index contributed by atoms with van der Waals surface area (Å²) in [4.78, 5) is 16.7. The summed E-state index contributed by atoms with van der Waals surface area (Å²) in [5.74, 6) is 0.173. The van der Waals surface area contributed by atoms with Crippen molar-refractivity contribution in [3.63, 3.8) is 0 Å². The second kappa shape index (κ2) is 6.07. The maximum atomic E-state index is 12.1. The predicted octanol–water partition coefficient (Wildman–Crippen LogP) is 2.48. The van der Waals surface area contributed by atoms with Gasteiger partial charge in [-0.3, -0.25) is 4.79 Å². The molecule has 0 saturated carbocycles. The van der Waals surface area contributed by atoms with Gasteiger partial charge in [-0.15, -0.1) is 5.10 Å². The number of carbonyl (C=O) groups is 1. The number of nitrogens with two attached hydrogens (primary N) is 1. The molecule has 2 aromatic heterocycles. The van der Waals surface area contributed by atoms with Gasteiger partial charge in [-0.1, -0.05) is 17.8 Å². The molecule has 3 N–H and O–H groups in total. The quantitative estimate of drug-likeness (QED) is 0.890. The molecule has 0 spiro atoms. The summed E-state index contributed by atoms with van der Waals surface area (Å²) in [6.07, 6.45) is 3.13. The van der Waals surface area contributed by atoms with Gasteiger partial charge < -0.3 is 11.1 Å². The highest BCUT2D eigenvalue weighted by Crippen LogP contribution is 2.23. The maximum Gasteiger partial charge on any atom is 0.270 e. The second-order valence-electron chi connectivity index (χ2n) is 3.85. The lowest BCUT2D eigenvalue weighted by atomic mass is 10.2. The molecule has 100 valence electrons. The molecule has 0 bridgehead atoms. The lowest BCUT2D eigenvalue weighted by Gasteiger charge is -2.06. The van der Waals surface area contributed by atoms with Gasteiger partial charge in [0, 0.05) is 0 Å². The zero-order valence-corrected chi connectivity index (χ0v) is 12.6. The van der Waals surface area contributed by atoms with Gasteiger partial charge in [-0.2, -0.15) is 0 Å². The van der Waals surface area contributed by atoms with Crippen molar-refractivity contribution in [2.45, 2.75) is 19.8 Å². The molecule has 0 aliphatic carbocycles. The van der Waals surface area contributed by atoms with Crippen molar-refractivity contribution in [3.05, 3.63) is 27.3 Å². The standard InChI is InChI=1S/C11H12BrN5OS/c1-2-3-8-9(19-17-16-8)11(18)15-10-7(12)4-6(13)5-14-10/h4-5H,2-3,13H2,1H3,(H,14,15,18). The second-order valence-corrected chi connectivity index (χ2v) is 5.46. The fourth-order valence-electron chi connectivity index (χ4n) is 1.49. The first-order valence-corrected chi connectivity index (χ1v) is 7.22. The number of hydrogen-bond acceptors (Lipinski definition) is 6. The van der Waals surface area contributed by atoms with Gasteiger partial charge in [-0.25, -0.2) is 4.98 Å². The monoisotopic (exact) mass is 341 g/mol. The van der Waals surface area contributed by atoms with Crippen LogP contribution in [0.15, 0.2) is 16.7 Å². The Morgan fingerprint density at radius 3 is 3.05 bits per heavy atom. The summed E-state index contributed by atoms with van der Waals surface area (Å²) in [5, 5.41) is 6.68. The third kappa shape index (κ3) is 3.27. The summed E-state index contributed by atoms with van der Waals surface area (Å²) >= 11 is 4.39. The Hall–Kier alpha value is -1.54. The van der Waals surface area contributed by atoms with E-state index < -0.39 is 0 Å². The van der Waals surface area contributed by atoms with Crippen LogP contribution in [0, 0.1) is 0 Å². The average molecular weight is 342 g/mol. The molecular weight excluding hydrogens is 330 g/mol. The number of hydrogen-bond donors (Lipinski definition) is 2. The minimum atomic E-state index is -0.253. The van der Waals surface area contributed by atoms with Crippen LogP contribution < -0.4 is 11.1 Å². The first kappa shape index (κ1) is 13.9. The Balaban J connectivity index is 2.18.